The topological polar surface area (TPSA) is 117 Å². The minimum absolute atomic E-state index is 0.562. The van der Waals surface area contributed by atoms with Crippen LogP contribution in [0.25, 0.3) is 0 Å². The molecule has 2 rings (SSSR count). The van der Waals surface area contributed by atoms with E-state index in [9.17, 15) is 19.2 Å². The van der Waals surface area contributed by atoms with E-state index < -0.39 is 47.7 Å². The number of hydrogen-bond donors (Lipinski definition) is 1. The normalized spacial score (nSPS) is 27.4. The van der Waals surface area contributed by atoms with Crippen LogP contribution in [0, 0.1) is 0 Å². The van der Waals surface area contributed by atoms with Crippen molar-refractivity contribution in [2.24, 2.45) is 0 Å². The summed E-state index contributed by atoms with van der Waals surface area (Å²) in [6, 6.07) is 1.14. The summed E-state index contributed by atoms with van der Waals surface area (Å²) in [6.07, 6.45) is -2.24. The van der Waals surface area contributed by atoms with E-state index >= 15 is 0 Å². The van der Waals surface area contributed by atoms with Crippen molar-refractivity contribution in [2.45, 2.75) is 45.3 Å². The van der Waals surface area contributed by atoms with Crippen molar-refractivity contribution in [3.05, 3.63) is 33.1 Å². The molecule has 9 heteroatoms. The van der Waals surface area contributed by atoms with E-state index in [1.54, 1.807) is 6.92 Å². The first-order valence-electron chi connectivity index (χ1n) is 6.61. The summed E-state index contributed by atoms with van der Waals surface area (Å²) in [5.41, 5.74) is -1.28. The number of H-pyrrole nitrogens is 1. The Balaban J connectivity index is 2.40. The molecule has 1 aliphatic heterocycles. The molecule has 0 aromatic carbocycles. The van der Waals surface area contributed by atoms with Gasteiger partial charge in [0.05, 0.1) is 6.10 Å². The summed E-state index contributed by atoms with van der Waals surface area (Å²) in [7, 11) is 0. The van der Waals surface area contributed by atoms with Crippen LogP contribution < -0.4 is 11.2 Å². The average molecular weight is 312 g/mol. The van der Waals surface area contributed by atoms with E-state index in [0.29, 0.717) is 0 Å². The van der Waals surface area contributed by atoms with Crippen LogP contribution in [-0.2, 0) is 23.8 Å². The van der Waals surface area contributed by atoms with E-state index in [2.05, 4.69) is 4.98 Å². The first kappa shape index (κ1) is 16.0. The van der Waals surface area contributed by atoms with Gasteiger partial charge in [-0.3, -0.25) is 23.9 Å². The van der Waals surface area contributed by atoms with E-state index in [1.807, 2.05) is 0 Å². The summed E-state index contributed by atoms with van der Waals surface area (Å²) < 4.78 is 16.9. The Morgan fingerprint density at radius 2 is 1.77 bits per heavy atom. The van der Waals surface area contributed by atoms with Crippen LogP contribution in [-0.4, -0.2) is 39.8 Å². The lowest BCUT2D eigenvalue weighted by Gasteiger charge is -2.23. The van der Waals surface area contributed by atoms with Crippen LogP contribution in [0.15, 0.2) is 21.9 Å². The molecule has 0 aliphatic carbocycles. The molecule has 22 heavy (non-hydrogen) atoms. The number of esters is 2. The lowest BCUT2D eigenvalue weighted by molar-refractivity contribution is -0.165. The zero-order valence-corrected chi connectivity index (χ0v) is 12.3. The molecule has 1 fully saturated rings. The van der Waals surface area contributed by atoms with Gasteiger partial charge in [0, 0.05) is 26.1 Å². The Kier molecular flexibility index (Phi) is 4.45. The lowest BCUT2D eigenvalue weighted by Crippen LogP contribution is -2.41. The van der Waals surface area contributed by atoms with Crippen LogP contribution in [0.4, 0.5) is 0 Å². The molecule has 120 valence electrons. The Bertz CT molecular complexity index is 692. The zero-order valence-electron chi connectivity index (χ0n) is 12.3. The Labute approximate surface area is 124 Å². The third kappa shape index (κ3) is 3.25. The predicted molar refractivity (Wildman–Crippen MR) is 72.0 cm³/mol. The van der Waals surface area contributed by atoms with Gasteiger partial charge >= 0.3 is 17.6 Å². The highest BCUT2D eigenvalue weighted by atomic mass is 16.6. The van der Waals surface area contributed by atoms with E-state index in [4.69, 9.17) is 14.2 Å². The number of hydrogen-bond acceptors (Lipinski definition) is 7. The predicted octanol–water partition coefficient (Wildman–Crippen LogP) is -0.683. The molecule has 1 aromatic heterocycles. The van der Waals surface area contributed by atoms with Crippen LogP contribution in [0.2, 0.25) is 0 Å². The van der Waals surface area contributed by atoms with Gasteiger partial charge in [0.2, 0.25) is 0 Å². The van der Waals surface area contributed by atoms with Crippen molar-refractivity contribution in [3.63, 3.8) is 0 Å². The molecular formula is C13H16N2O7. The number of rotatable bonds is 3. The molecule has 2 unspecified atom stereocenters. The standard InChI is InChI=1S/C13H16N2O7/c1-6-10(21-7(2)16)11(22-8(3)17)12(20-6)15-5-4-9(18)14-13(15)19/h4-6,10-12H,1-3H3,(H,14,18,19)/t6?,10-,11-,12?/m1/s1. The maximum absolute atomic E-state index is 11.9. The zero-order chi connectivity index (χ0) is 16.4. The van der Waals surface area contributed by atoms with Crippen LogP contribution in [0.3, 0.4) is 0 Å². The number of carbonyl (C=O) groups excluding carboxylic acids is 2. The Morgan fingerprint density at radius 1 is 1.18 bits per heavy atom. The van der Waals surface area contributed by atoms with Crippen molar-refractivity contribution >= 4 is 11.9 Å². The van der Waals surface area contributed by atoms with E-state index in [-0.39, 0.29) is 0 Å². The number of nitrogens with one attached hydrogen (secondary N) is 1. The van der Waals surface area contributed by atoms with Crippen molar-refractivity contribution in [3.8, 4) is 0 Å². The second-order valence-corrected chi connectivity index (χ2v) is 4.90. The van der Waals surface area contributed by atoms with Gasteiger partial charge in [-0.25, -0.2) is 4.79 Å². The van der Waals surface area contributed by atoms with Crippen LogP contribution in [0.1, 0.15) is 27.0 Å². The third-order valence-electron chi connectivity index (χ3n) is 3.15. The summed E-state index contributed by atoms with van der Waals surface area (Å²) in [5, 5.41) is 0. The fourth-order valence-electron chi connectivity index (χ4n) is 2.33. The number of aromatic nitrogens is 2. The fraction of sp³-hybridized carbons (Fsp3) is 0.538. The summed E-state index contributed by atoms with van der Waals surface area (Å²) in [5.74, 6) is -1.17. The van der Waals surface area contributed by atoms with Crippen molar-refractivity contribution < 1.29 is 23.8 Å². The van der Waals surface area contributed by atoms with Crippen LogP contribution >= 0.6 is 0 Å². The highest BCUT2D eigenvalue weighted by molar-refractivity contribution is 5.67. The molecule has 0 radical (unpaired) electrons. The van der Waals surface area contributed by atoms with Gasteiger partial charge in [-0.15, -0.1) is 0 Å². The average Bonchev–Trinajstić information content (AvgIpc) is 2.66. The molecule has 1 saturated heterocycles. The van der Waals surface area contributed by atoms with Gasteiger partial charge in [-0.2, -0.15) is 0 Å². The summed E-state index contributed by atoms with van der Waals surface area (Å²) in [4.78, 5) is 47.6. The molecular weight excluding hydrogens is 296 g/mol. The molecule has 0 spiro atoms. The van der Waals surface area contributed by atoms with Gasteiger partial charge in [0.15, 0.2) is 18.4 Å². The van der Waals surface area contributed by atoms with Crippen molar-refractivity contribution in [1.82, 2.24) is 9.55 Å². The Hall–Kier alpha value is -2.42. The smallest absolute Gasteiger partial charge is 0.330 e. The fourth-order valence-corrected chi connectivity index (χ4v) is 2.33. The molecule has 2 heterocycles. The molecule has 0 bridgehead atoms. The van der Waals surface area contributed by atoms with Crippen LogP contribution in [0.5, 0.6) is 0 Å². The molecule has 1 N–H and O–H groups in total. The minimum Gasteiger partial charge on any atom is -0.456 e. The molecule has 0 amide bonds. The first-order valence-corrected chi connectivity index (χ1v) is 6.61. The number of aromatic amines is 1. The van der Waals surface area contributed by atoms with Gasteiger partial charge in [0.1, 0.15) is 0 Å². The first-order chi connectivity index (χ1) is 10.3. The van der Waals surface area contributed by atoms with E-state index in [1.165, 1.54) is 20.0 Å². The second kappa shape index (κ2) is 6.14. The SMILES string of the molecule is CC(=O)O[C@@H]1C(C)OC(n2ccc(=O)[nH]c2=O)[C@@H]1OC(C)=O. The molecule has 0 saturated carbocycles. The summed E-state index contributed by atoms with van der Waals surface area (Å²) >= 11 is 0. The van der Waals surface area contributed by atoms with E-state index in [0.717, 1.165) is 10.6 Å². The molecule has 9 nitrogen and oxygen atoms in total. The molecule has 1 aliphatic rings. The largest absolute Gasteiger partial charge is 0.456 e. The number of ether oxygens (including phenoxy) is 3. The van der Waals surface area contributed by atoms with Gasteiger partial charge in [0.25, 0.3) is 5.56 Å². The molecule has 1 aromatic rings. The third-order valence-corrected chi connectivity index (χ3v) is 3.15. The summed E-state index contributed by atoms with van der Waals surface area (Å²) in [6.45, 7) is 4.04. The highest BCUT2D eigenvalue weighted by Gasteiger charge is 2.48. The van der Waals surface area contributed by atoms with Crippen molar-refractivity contribution in [1.29, 1.82) is 0 Å². The van der Waals surface area contributed by atoms with Gasteiger partial charge < -0.3 is 14.2 Å². The van der Waals surface area contributed by atoms with Crippen molar-refractivity contribution in [2.75, 3.05) is 0 Å². The lowest BCUT2D eigenvalue weighted by atomic mass is 10.1. The Morgan fingerprint density at radius 3 is 2.32 bits per heavy atom. The maximum atomic E-state index is 11.9. The quantitative estimate of drug-likeness (QED) is 0.735. The molecule has 4 atom stereocenters. The highest BCUT2D eigenvalue weighted by Crippen LogP contribution is 2.32. The maximum Gasteiger partial charge on any atom is 0.330 e. The number of carbonyl (C=O) groups is 2. The number of nitrogens with zero attached hydrogens (tertiary/aromatic N) is 1. The second-order valence-electron chi connectivity index (χ2n) is 4.90. The van der Waals surface area contributed by atoms with Gasteiger partial charge in [-0.1, -0.05) is 0 Å². The minimum atomic E-state index is -1.01. The monoisotopic (exact) mass is 312 g/mol. The van der Waals surface area contributed by atoms with Gasteiger partial charge in [-0.05, 0) is 6.92 Å².